The highest BCUT2D eigenvalue weighted by atomic mass is 16.6. The summed E-state index contributed by atoms with van der Waals surface area (Å²) in [6.45, 7) is 4.03. The van der Waals surface area contributed by atoms with Gasteiger partial charge in [-0.15, -0.1) is 0 Å². The molecule has 2 atom stereocenters. The van der Waals surface area contributed by atoms with Gasteiger partial charge in [0.05, 0.1) is 18.2 Å². The molecule has 1 fully saturated rings. The van der Waals surface area contributed by atoms with Crippen LogP contribution in [0, 0.1) is 18.3 Å². The van der Waals surface area contributed by atoms with Gasteiger partial charge in [0, 0.05) is 0 Å². The molecule has 0 aromatic heterocycles. The van der Waals surface area contributed by atoms with Crippen molar-refractivity contribution in [3.63, 3.8) is 0 Å². The van der Waals surface area contributed by atoms with Crippen molar-refractivity contribution in [3.8, 4) is 6.07 Å². The van der Waals surface area contributed by atoms with Gasteiger partial charge in [0.1, 0.15) is 6.10 Å². The van der Waals surface area contributed by atoms with Crippen LogP contribution in [0.5, 0.6) is 0 Å². The molecule has 88 valence electrons. The molecule has 1 saturated heterocycles. The van der Waals surface area contributed by atoms with E-state index < -0.39 is 6.10 Å². The van der Waals surface area contributed by atoms with Crippen LogP contribution in [0.15, 0.2) is 18.2 Å². The molecule has 4 nitrogen and oxygen atoms in total. The predicted molar refractivity (Wildman–Crippen MR) is 60.1 cm³/mol. The summed E-state index contributed by atoms with van der Waals surface area (Å²) in [6, 6.07) is 7.43. The van der Waals surface area contributed by atoms with Crippen LogP contribution in [-0.4, -0.2) is 18.7 Å². The number of epoxide rings is 1. The predicted octanol–water partition coefficient (Wildman–Crippen LogP) is 1.87. The molecule has 17 heavy (non-hydrogen) atoms. The van der Waals surface area contributed by atoms with Crippen molar-refractivity contribution in [2.45, 2.75) is 26.1 Å². The van der Waals surface area contributed by atoms with Crippen molar-refractivity contribution in [2.24, 2.45) is 0 Å². The van der Waals surface area contributed by atoms with E-state index >= 15 is 0 Å². The van der Waals surface area contributed by atoms with Crippen molar-refractivity contribution in [3.05, 3.63) is 34.9 Å². The number of carbonyl (C=O) groups excluding carboxylic acids is 1. The minimum Gasteiger partial charge on any atom is -0.464 e. The standard InChI is InChI=1S/C13H13NO3/c1-3-16-13(15)12-11(17-12)10-5-4-9(7-14)6-8(10)2/h4-6,11-12H,3H2,1-2H3/t11-,12+/m1/s1. The Morgan fingerprint density at radius 3 is 2.94 bits per heavy atom. The maximum absolute atomic E-state index is 11.4. The number of esters is 1. The summed E-state index contributed by atoms with van der Waals surface area (Å²) in [5.74, 6) is -0.318. The van der Waals surface area contributed by atoms with Gasteiger partial charge in [0.2, 0.25) is 0 Å². The van der Waals surface area contributed by atoms with Gasteiger partial charge in [-0.1, -0.05) is 6.07 Å². The second-order valence-electron chi connectivity index (χ2n) is 3.91. The lowest BCUT2D eigenvalue weighted by molar-refractivity contribution is -0.144. The van der Waals surface area contributed by atoms with E-state index in [-0.39, 0.29) is 12.1 Å². The van der Waals surface area contributed by atoms with Gasteiger partial charge in [0.25, 0.3) is 0 Å². The largest absolute Gasteiger partial charge is 0.464 e. The first-order valence-corrected chi connectivity index (χ1v) is 5.50. The number of benzene rings is 1. The molecule has 0 aliphatic carbocycles. The first kappa shape index (κ1) is 11.6. The summed E-state index contributed by atoms with van der Waals surface area (Å²) >= 11 is 0. The molecule has 1 heterocycles. The first-order chi connectivity index (χ1) is 8.17. The highest BCUT2D eigenvalue weighted by molar-refractivity contribution is 5.78. The Bertz CT molecular complexity index is 490. The summed E-state index contributed by atoms with van der Waals surface area (Å²) in [5.41, 5.74) is 2.52. The number of ether oxygens (including phenoxy) is 2. The average molecular weight is 231 g/mol. The van der Waals surface area contributed by atoms with Gasteiger partial charge in [0.15, 0.2) is 6.10 Å². The lowest BCUT2D eigenvalue weighted by Crippen LogP contribution is -2.12. The lowest BCUT2D eigenvalue weighted by atomic mass is 10.0. The number of carbonyl (C=O) groups is 1. The van der Waals surface area contributed by atoms with Crippen molar-refractivity contribution < 1.29 is 14.3 Å². The second kappa shape index (κ2) is 4.56. The number of hydrogen-bond donors (Lipinski definition) is 0. The fourth-order valence-corrected chi connectivity index (χ4v) is 1.82. The van der Waals surface area contributed by atoms with E-state index in [1.165, 1.54) is 0 Å². The summed E-state index contributed by atoms with van der Waals surface area (Å²) in [5, 5.41) is 8.76. The summed E-state index contributed by atoms with van der Waals surface area (Å²) in [4.78, 5) is 11.4. The minimum atomic E-state index is -0.485. The maximum atomic E-state index is 11.4. The van der Waals surface area contributed by atoms with Crippen molar-refractivity contribution in [2.75, 3.05) is 6.61 Å². The Balaban J connectivity index is 2.11. The molecule has 4 heteroatoms. The number of aryl methyl sites for hydroxylation is 1. The summed E-state index contributed by atoms with van der Waals surface area (Å²) in [6.07, 6.45) is -0.705. The van der Waals surface area contributed by atoms with E-state index in [9.17, 15) is 4.79 Å². The fourth-order valence-electron chi connectivity index (χ4n) is 1.82. The molecule has 0 saturated carbocycles. The Hall–Kier alpha value is -1.86. The lowest BCUT2D eigenvalue weighted by Gasteiger charge is -2.02. The van der Waals surface area contributed by atoms with Crippen molar-refractivity contribution in [1.29, 1.82) is 5.26 Å². The van der Waals surface area contributed by atoms with E-state index in [1.54, 1.807) is 19.1 Å². The minimum absolute atomic E-state index is 0.221. The van der Waals surface area contributed by atoms with Gasteiger partial charge >= 0.3 is 5.97 Å². The monoisotopic (exact) mass is 231 g/mol. The molecule has 1 aliphatic rings. The van der Waals surface area contributed by atoms with Crippen LogP contribution in [0.3, 0.4) is 0 Å². The Labute approximate surface area is 99.8 Å². The summed E-state index contributed by atoms with van der Waals surface area (Å²) < 4.78 is 10.2. The maximum Gasteiger partial charge on any atom is 0.338 e. The molecular weight excluding hydrogens is 218 g/mol. The van der Waals surface area contributed by atoms with Crippen LogP contribution in [0.4, 0.5) is 0 Å². The number of nitrogens with zero attached hydrogens (tertiary/aromatic N) is 1. The van der Waals surface area contributed by atoms with Gasteiger partial charge in [-0.2, -0.15) is 5.26 Å². The molecule has 0 amide bonds. The van der Waals surface area contributed by atoms with Crippen molar-refractivity contribution >= 4 is 5.97 Å². The topological polar surface area (TPSA) is 62.6 Å². The normalized spacial score (nSPS) is 21.7. The van der Waals surface area contributed by atoms with Gasteiger partial charge < -0.3 is 9.47 Å². The van der Waals surface area contributed by atoms with Crippen LogP contribution in [-0.2, 0) is 14.3 Å². The molecule has 0 spiro atoms. The zero-order chi connectivity index (χ0) is 12.4. The van der Waals surface area contributed by atoms with E-state index in [1.807, 2.05) is 13.0 Å². The smallest absolute Gasteiger partial charge is 0.338 e. The molecule has 0 radical (unpaired) electrons. The first-order valence-electron chi connectivity index (χ1n) is 5.50. The third-order valence-corrected chi connectivity index (χ3v) is 2.72. The Morgan fingerprint density at radius 2 is 2.35 bits per heavy atom. The van der Waals surface area contributed by atoms with Crippen LogP contribution in [0.2, 0.25) is 0 Å². The number of nitriles is 1. The molecule has 0 unspecified atom stereocenters. The van der Waals surface area contributed by atoms with Gasteiger partial charge in [-0.05, 0) is 37.1 Å². The molecule has 0 N–H and O–H groups in total. The molecule has 1 aliphatic heterocycles. The van der Waals surface area contributed by atoms with E-state index in [0.717, 1.165) is 11.1 Å². The summed E-state index contributed by atoms with van der Waals surface area (Å²) in [7, 11) is 0. The highest BCUT2D eigenvalue weighted by Gasteiger charge is 2.47. The van der Waals surface area contributed by atoms with Crippen molar-refractivity contribution in [1.82, 2.24) is 0 Å². The van der Waals surface area contributed by atoms with E-state index in [2.05, 4.69) is 6.07 Å². The Morgan fingerprint density at radius 1 is 1.59 bits per heavy atom. The van der Waals surface area contributed by atoms with Crippen LogP contribution < -0.4 is 0 Å². The van der Waals surface area contributed by atoms with Gasteiger partial charge in [-0.3, -0.25) is 0 Å². The molecule has 1 aromatic rings. The average Bonchev–Trinajstić information content (AvgIpc) is 3.09. The second-order valence-corrected chi connectivity index (χ2v) is 3.91. The van der Waals surface area contributed by atoms with Crippen LogP contribution in [0.25, 0.3) is 0 Å². The zero-order valence-corrected chi connectivity index (χ0v) is 9.77. The molecule has 2 rings (SSSR count). The SMILES string of the molecule is CCOC(=O)[C@H]1O[C@@H]1c1ccc(C#N)cc1C. The van der Waals surface area contributed by atoms with Crippen LogP contribution in [0.1, 0.15) is 29.7 Å². The molecular formula is C13H13NO3. The van der Waals surface area contributed by atoms with E-state index in [4.69, 9.17) is 14.7 Å². The van der Waals surface area contributed by atoms with E-state index in [0.29, 0.717) is 12.2 Å². The number of hydrogen-bond acceptors (Lipinski definition) is 4. The third kappa shape index (κ3) is 2.29. The van der Waals surface area contributed by atoms with Gasteiger partial charge in [-0.25, -0.2) is 4.79 Å². The number of rotatable bonds is 3. The quantitative estimate of drug-likeness (QED) is 0.588. The zero-order valence-electron chi connectivity index (χ0n) is 9.77. The molecule has 1 aromatic carbocycles. The Kier molecular flexibility index (Phi) is 3.12. The highest BCUT2D eigenvalue weighted by Crippen LogP contribution is 2.40. The third-order valence-electron chi connectivity index (χ3n) is 2.72. The molecule has 0 bridgehead atoms. The van der Waals surface area contributed by atoms with Crippen LogP contribution >= 0.6 is 0 Å². The fraction of sp³-hybridized carbons (Fsp3) is 0.385.